The SMILES string of the molecule is CC(C)(C)OC(=O)N1CCC[C@@H](Cc2ccnc(Cl)n2)C1. The van der Waals surface area contributed by atoms with Crippen LogP contribution in [-0.2, 0) is 11.2 Å². The summed E-state index contributed by atoms with van der Waals surface area (Å²) in [6.07, 6.45) is 4.32. The highest BCUT2D eigenvalue weighted by Crippen LogP contribution is 2.22. The first kappa shape index (κ1) is 16.0. The molecule has 1 aliphatic rings. The smallest absolute Gasteiger partial charge is 0.410 e. The van der Waals surface area contributed by atoms with Crippen molar-refractivity contribution in [3.63, 3.8) is 0 Å². The van der Waals surface area contributed by atoms with E-state index >= 15 is 0 Å². The average molecular weight is 312 g/mol. The predicted octanol–water partition coefficient (Wildman–Crippen LogP) is 3.32. The maximum atomic E-state index is 12.1. The zero-order valence-electron chi connectivity index (χ0n) is 12.8. The van der Waals surface area contributed by atoms with Crippen molar-refractivity contribution < 1.29 is 9.53 Å². The Morgan fingerprint density at radius 1 is 1.52 bits per heavy atom. The van der Waals surface area contributed by atoms with Crippen LogP contribution in [0.5, 0.6) is 0 Å². The highest BCUT2D eigenvalue weighted by Gasteiger charge is 2.27. The lowest BCUT2D eigenvalue weighted by atomic mass is 9.93. The molecule has 0 radical (unpaired) electrons. The largest absolute Gasteiger partial charge is 0.444 e. The average Bonchev–Trinajstić information content (AvgIpc) is 2.37. The standard InChI is InChI=1S/C15H22ClN3O2/c1-15(2,3)21-14(20)19-8-4-5-11(10-19)9-12-6-7-17-13(16)18-12/h6-7,11H,4-5,8-10H2,1-3H3/t11-/m0/s1. The van der Waals surface area contributed by atoms with E-state index in [1.807, 2.05) is 26.8 Å². The summed E-state index contributed by atoms with van der Waals surface area (Å²) in [7, 11) is 0. The zero-order valence-corrected chi connectivity index (χ0v) is 13.6. The Bertz CT molecular complexity index is 502. The molecule has 2 rings (SSSR count). The molecular formula is C15H22ClN3O2. The minimum absolute atomic E-state index is 0.229. The van der Waals surface area contributed by atoms with E-state index in [4.69, 9.17) is 16.3 Å². The van der Waals surface area contributed by atoms with Crippen molar-refractivity contribution in [3.8, 4) is 0 Å². The molecule has 0 saturated carbocycles. The van der Waals surface area contributed by atoms with Gasteiger partial charge in [0.2, 0.25) is 5.28 Å². The molecule has 0 N–H and O–H groups in total. The second kappa shape index (κ2) is 6.60. The quantitative estimate of drug-likeness (QED) is 0.786. The summed E-state index contributed by atoms with van der Waals surface area (Å²) in [5, 5.41) is 0.271. The third kappa shape index (κ3) is 5.16. The second-order valence-corrected chi connectivity index (χ2v) is 6.79. The van der Waals surface area contributed by atoms with Crippen LogP contribution in [0.25, 0.3) is 0 Å². The number of nitrogens with zero attached hydrogens (tertiary/aromatic N) is 3. The molecule has 21 heavy (non-hydrogen) atoms. The fraction of sp³-hybridized carbons (Fsp3) is 0.667. The number of carbonyl (C=O) groups excluding carboxylic acids is 1. The van der Waals surface area contributed by atoms with E-state index in [1.165, 1.54) is 0 Å². The van der Waals surface area contributed by atoms with E-state index in [1.54, 1.807) is 11.1 Å². The molecule has 1 aromatic heterocycles. The van der Waals surface area contributed by atoms with Crippen LogP contribution in [0.1, 0.15) is 39.3 Å². The first-order valence-electron chi connectivity index (χ1n) is 7.29. The van der Waals surface area contributed by atoms with Gasteiger partial charge in [0, 0.05) is 25.0 Å². The number of hydrogen-bond acceptors (Lipinski definition) is 4. The minimum atomic E-state index is -0.454. The molecule has 0 aromatic carbocycles. The predicted molar refractivity (Wildman–Crippen MR) is 81.3 cm³/mol. The van der Waals surface area contributed by atoms with Gasteiger partial charge in [-0.2, -0.15) is 0 Å². The molecule has 0 unspecified atom stereocenters. The molecule has 116 valence electrons. The van der Waals surface area contributed by atoms with Crippen LogP contribution in [-0.4, -0.2) is 39.7 Å². The Hall–Kier alpha value is -1.36. The second-order valence-electron chi connectivity index (χ2n) is 6.46. The van der Waals surface area contributed by atoms with Gasteiger partial charge in [-0.3, -0.25) is 0 Å². The summed E-state index contributed by atoms with van der Waals surface area (Å²) in [4.78, 5) is 22.0. The molecule has 6 heteroatoms. The normalized spacial score (nSPS) is 19.4. The van der Waals surface area contributed by atoms with Crippen molar-refractivity contribution in [1.82, 2.24) is 14.9 Å². The van der Waals surface area contributed by atoms with E-state index in [0.29, 0.717) is 12.5 Å². The number of piperidine rings is 1. The van der Waals surface area contributed by atoms with Crippen LogP contribution < -0.4 is 0 Å². The number of rotatable bonds is 2. The van der Waals surface area contributed by atoms with Gasteiger partial charge in [-0.05, 0) is 63.6 Å². The topological polar surface area (TPSA) is 55.3 Å². The maximum Gasteiger partial charge on any atom is 0.410 e. The Kier molecular flexibility index (Phi) is 5.04. The van der Waals surface area contributed by atoms with Crippen molar-refractivity contribution in [2.45, 2.75) is 45.6 Å². The Morgan fingerprint density at radius 2 is 2.29 bits per heavy atom. The van der Waals surface area contributed by atoms with Crippen molar-refractivity contribution in [1.29, 1.82) is 0 Å². The molecule has 2 heterocycles. The van der Waals surface area contributed by atoms with Gasteiger partial charge >= 0.3 is 6.09 Å². The van der Waals surface area contributed by atoms with Gasteiger partial charge < -0.3 is 9.64 Å². The van der Waals surface area contributed by atoms with Crippen LogP contribution in [0.2, 0.25) is 5.28 Å². The molecule has 1 saturated heterocycles. The lowest BCUT2D eigenvalue weighted by Crippen LogP contribution is -2.43. The van der Waals surface area contributed by atoms with Crippen molar-refractivity contribution >= 4 is 17.7 Å². The summed E-state index contributed by atoms with van der Waals surface area (Å²) in [5.41, 5.74) is 0.468. The molecular weight excluding hydrogens is 290 g/mol. The number of carbonyl (C=O) groups is 1. The van der Waals surface area contributed by atoms with Crippen LogP contribution >= 0.6 is 11.6 Å². The number of halogens is 1. The van der Waals surface area contributed by atoms with Gasteiger partial charge in [0.1, 0.15) is 5.60 Å². The fourth-order valence-electron chi connectivity index (χ4n) is 2.50. The molecule has 1 fully saturated rings. The van der Waals surface area contributed by atoms with E-state index in [0.717, 1.165) is 31.5 Å². The third-order valence-corrected chi connectivity index (χ3v) is 3.53. The number of amides is 1. The summed E-state index contributed by atoms with van der Waals surface area (Å²) < 4.78 is 5.44. The highest BCUT2D eigenvalue weighted by atomic mass is 35.5. The maximum absolute atomic E-state index is 12.1. The van der Waals surface area contributed by atoms with Gasteiger partial charge in [0.25, 0.3) is 0 Å². The summed E-state index contributed by atoms with van der Waals surface area (Å²) in [6.45, 7) is 7.12. The minimum Gasteiger partial charge on any atom is -0.444 e. The van der Waals surface area contributed by atoms with Gasteiger partial charge in [-0.25, -0.2) is 14.8 Å². The number of aromatic nitrogens is 2. The lowest BCUT2D eigenvalue weighted by Gasteiger charge is -2.34. The fourth-order valence-corrected chi connectivity index (χ4v) is 2.67. The molecule has 0 aliphatic carbocycles. The number of hydrogen-bond donors (Lipinski definition) is 0. The molecule has 1 atom stereocenters. The molecule has 0 spiro atoms. The summed E-state index contributed by atoms with van der Waals surface area (Å²) in [5.74, 6) is 0.386. The van der Waals surface area contributed by atoms with Crippen molar-refractivity contribution in [2.75, 3.05) is 13.1 Å². The zero-order chi connectivity index (χ0) is 15.5. The van der Waals surface area contributed by atoms with Gasteiger partial charge in [-0.15, -0.1) is 0 Å². The van der Waals surface area contributed by atoms with Crippen LogP contribution in [0.15, 0.2) is 12.3 Å². The van der Waals surface area contributed by atoms with Gasteiger partial charge in [-0.1, -0.05) is 0 Å². The third-order valence-electron chi connectivity index (χ3n) is 3.35. The molecule has 5 nitrogen and oxygen atoms in total. The Balaban J connectivity index is 1.93. The van der Waals surface area contributed by atoms with Gasteiger partial charge in [0.05, 0.1) is 0 Å². The van der Waals surface area contributed by atoms with Crippen LogP contribution in [0, 0.1) is 5.92 Å². The Morgan fingerprint density at radius 3 is 2.95 bits per heavy atom. The molecule has 1 aromatic rings. The highest BCUT2D eigenvalue weighted by molar-refractivity contribution is 6.28. The first-order valence-corrected chi connectivity index (χ1v) is 7.66. The summed E-state index contributed by atoms with van der Waals surface area (Å²) in [6, 6.07) is 1.87. The van der Waals surface area contributed by atoms with Crippen molar-refractivity contribution in [2.24, 2.45) is 5.92 Å². The van der Waals surface area contributed by atoms with E-state index < -0.39 is 5.60 Å². The number of ether oxygens (including phenoxy) is 1. The van der Waals surface area contributed by atoms with E-state index in [2.05, 4.69) is 9.97 Å². The van der Waals surface area contributed by atoms with Gasteiger partial charge in [0.15, 0.2) is 0 Å². The van der Waals surface area contributed by atoms with E-state index in [-0.39, 0.29) is 11.4 Å². The van der Waals surface area contributed by atoms with Crippen molar-refractivity contribution in [3.05, 3.63) is 23.2 Å². The summed E-state index contributed by atoms with van der Waals surface area (Å²) >= 11 is 5.81. The number of likely N-dealkylation sites (tertiary alicyclic amines) is 1. The monoisotopic (exact) mass is 311 g/mol. The molecule has 1 aliphatic heterocycles. The van der Waals surface area contributed by atoms with Crippen LogP contribution in [0.4, 0.5) is 4.79 Å². The van der Waals surface area contributed by atoms with E-state index in [9.17, 15) is 4.79 Å². The first-order chi connectivity index (χ1) is 9.83. The van der Waals surface area contributed by atoms with Crippen LogP contribution in [0.3, 0.4) is 0 Å². The molecule has 0 bridgehead atoms. The molecule has 1 amide bonds. The lowest BCUT2D eigenvalue weighted by molar-refractivity contribution is 0.0165. The Labute approximate surface area is 130 Å².